The Kier molecular flexibility index (Phi) is 2.90. The van der Waals surface area contributed by atoms with Crippen LogP contribution in [0, 0.1) is 19.3 Å². The standard InChI is InChI=1S/C11H13N/c1-4-11(12-3)10-7-5-6-9(2)8-10/h1,5-8,11-12H,2-3H3. The van der Waals surface area contributed by atoms with Crippen molar-refractivity contribution in [1.82, 2.24) is 5.32 Å². The monoisotopic (exact) mass is 159 g/mol. The molecule has 0 aromatic heterocycles. The average Bonchev–Trinajstić information content (AvgIpc) is 2.07. The second-order valence-electron chi connectivity index (χ2n) is 2.80. The zero-order valence-electron chi connectivity index (χ0n) is 7.46. The van der Waals surface area contributed by atoms with Crippen LogP contribution in [-0.2, 0) is 0 Å². The predicted molar refractivity (Wildman–Crippen MR) is 51.8 cm³/mol. The summed E-state index contributed by atoms with van der Waals surface area (Å²) in [5.41, 5.74) is 2.39. The molecule has 12 heavy (non-hydrogen) atoms. The number of rotatable bonds is 2. The van der Waals surface area contributed by atoms with Crippen molar-refractivity contribution in [3.63, 3.8) is 0 Å². The van der Waals surface area contributed by atoms with Crippen LogP contribution in [0.2, 0.25) is 0 Å². The Morgan fingerprint density at radius 3 is 2.75 bits per heavy atom. The van der Waals surface area contributed by atoms with Crippen LogP contribution in [0.25, 0.3) is 0 Å². The van der Waals surface area contributed by atoms with Gasteiger partial charge >= 0.3 is 0 Å². The third kappa shape index (κ3) is 1.87. The summed E-state index contributed by atoms with van der Waals surface area (Å²) in [6.07, 6.45) is 5.35. The summed E-state index contributed by atoms with van der Waals surface area (Å²) in [6.45, 7) is 2.06. The summed E-state index contributed by atoms with van der Waals surface area (Å²) in [6, 6.07) is 8.25. The van der Waals surface area contributed by atoms with Gasteiger partial charge in [-0.15, -0.1) is 6.42 Å². The molecular weight excluding hydrogens is 146 g/mol. The molecule has 1 unspecified atom stereocenters. The highest BCUT2D eigenvalue weighted by molar-refractivity contribution is 5.29. The summed E-state index contributed by atoms with van der Waals surface area (Å²) in [4.78, 5) is 0. The number of hydrogen-bond donors (Lipinski definition) is 1. The molecule has 0 aliphatic heterocycles. The van der Waals surface area contributed by atoms with Gasteiger partial charge in [0.25, 0.3) is 0 Å². The minimum absolute atomic E-state index is 0.0323. The zero-order chi connectivity index (χ0) is 8.97. The fourth-order valence-corrected chi connectivity index (χ4v) is 1.20. The van der Waals surface area contributed by atoms with E-state index in [1.165, 1.54) is 5.56 Å². The maximum atomic E-state index is 5.35. The first-order chi connectivity index (χ1) is 5.77. The third-order valence-corrected chi connectivity index (χ3v) is 1.83. The number of aryl methyl sites for hydroxylation is 1. The summed E-state index contributed by atoms with van der Waals surface area (Å²) < 4.78 is 0. The van der Waals surface area contributed by atoms with Crippen LogP contribution >= 0.6 is 0 Å². The van der Waals surface area contributed by atoms with Crippen molar-refractivity contribution in [2.45, 2.75) is 13.0 Å². The maximum absolute atomic E-state index is 5.35. The lowest BCUT2D eigenvalue weighted by atomic mass is 10.1. The minimum atomic E-state index is 0.0323. The Labute approximate surface area is 73.8 Å². The molecule has 1 nitrogen and oxygen atoms in total. The van der Waals surface area contributed by atoms with Gasteiger partial charge in [0, 0.05) is 0 Å². The number of terminal acetylenes is 1. The van der Waals surface area contributed by atoms with Crippen LogP contribution in [0.15, 0.2) is 24.3 Å². The molecule has 0 saturated carbocycles. The Bertz CT molecular complexity index is 296. The van der Waals surface area contributed by atoms with Gasteiger partial charge in [-0.1, -0.05) is 35.7 Å². The average molecular weight is 159 g/mol. The topological polar surface area (TPSA) is 12.0 Å². The molecule has 0 spiro atoms. The molecule has 0 amide bonds. The number of hydrogen-bond acceptors (Lipinski definition) is 1. The fourth-order valence-electron chi connectivity index (χ4n) is 1.20. The Balaban J connectivity index is 2.95. The van der Waals surface area contributed by atoms with E-state index in [1.807, 2.05) is 19.2 Å². The first-order valence-electron chi connectivity index (χ1n) is 3.98. The van der Waals surface area contributed by atoms with Crippen molar-refractivity contribution in [2.75, 3.05) is 7.05 Å². The lowest BCUT2D eigenvalue weighted by molar-refractivity contribution is 0.736. The first kappa shape index (κ1) is 8.83. The molecule has 1 aromatic rings. The number of benzene rings is 1. The highest BCUT2D eigenvalue weighted by atomic mass is 14.9. The minimum Gasteiger partial charge on any atom is -0.303 e. The Hall–Kier alpha value is -1.26. The van der Waals surface area contributed by atoms with Crippen molar-refractivity contribution < 1.29 is 0 Å². The van der Waals surface area contributed by atoms with E-state index >= 15 is 0 Å². The molecular formula is C11H13N. The smallest absolute Gasteiger partial charge is 0.0940 e. The Morgan fingerprint density at radius 2 is 2.25 bits per heavy atom. The maximum Gasteiger partial charge on any atom is 0.0940 e. The van der Waals surface area contributed by atoms with Crippen LogP contribution < -0.4 is 5.32 Å². The quantitative estimate of drug-likeness (QED) is 0.650. The van der Waals surface area contributed by atoms with Crippen molar-refractivity contribution in [1.29, 1.82) is 0 Å². The zero-order valence-corrected chi connectivity index (χ0v) is 7.46. The van der Waals surface area contributed by atoms with E-state index in [0.29, 0.717) is 0 Å². The third-order valence-electron chi connectivity index (χ3n) is 1.83. The SMILES string of the molecule is C#CC(NC)c1cccc(C)c1. The van der Waals surface area contributed by atoms with Crippen molar-refractivity contribution in [2.24, 2.45) is 0 Å². The van der Waals surface area contributed by atoms with E-state index in [1.54, 1.807) is 0 Å². The van der Waals surface area contributed by atoms with Crippen LogP contribution in [0.5, 0.6) is 0 Å². The summed E-state index contributed by atoms with van der Waals surface area (Å²) in [5.74, 6) is 2.68. The molecule has 1 atom stereocenters. The highest BCUT2D eigenvalue weighted by Gasteiger charge is 2.03. The van der Waals surface area contributed by atoms with Gasteiger partial charge in [0.15, 0.2) is 0 Å². The van der Waals surface area contributed by atoms with Gasteiger partial charge in [0.2, 0.25) is 0 Å². The van der Waals surface area contributed by atoms with Gasteiger partial charge in [-0.2, -0.15) is 0 Å². The highest BCUT2D eigenvalue weighted by Crippen LogP contribution is 2.12. The molecule has 0 fully saturated rings. The normalized spacial score (nSPS) is 12.1. The molecule has 1 N–H and O–H groups in total. The van der Waals surface area contributed by atoms with Crippen molar-refractivity contribution >= 4 is 0 Å². The second kappa shape index (κ2) is 3.94. The van der Waals surface area contributed by atoms with Gasteiger partial charge in [-0.05, 0) is 19.5 Å². The van der Waals surface area contributed by atoms with Crippen LogP contribution in [0.4, 0.5) is 0 Å². The molecule has 0 radical (unpaired) electrons. The van der Waals surface area contributed by atoms with E-state index in [9.17, 15) is 0 Å². The van der Waals surface area contributed by atoms with E-state index in [0.717, 1.165) is 5.56 Å². The van der Waals surface area contributed by atoms with Gasteiger partial charge in [0.05, 0.1) is 6.04 Å². The van der Waals surface area contributed by atoms with Crippen molar-refractivity contribution in [3.05, 3.63) is 35.4 Å². The van der Waals surface area contributed by atoms with Gasteiger partial charge in [-0.25, -0.2) is 0 Å². The molecule has 62 valence electrons. The lowest BCUT2D eigenvalue weighted by Gasteiger charge is -2.09. The van der Waals surface area contributed by atoms with Crippen molar-refractivity contribution in [3.8, 4) is 12.3 Å². The fraction of sp³-hybridized carbons (Fsp3) is 0.273. The second-order valence-corrected chi connectivity index (χ2v) is 2.80. The van der Waals surface area contributed by atoms with Crippen LogP contribution in [0.3, 0.4) is 0 Å². The van der Waals surface area contributed by atoms with Gasteiger partial charge in [0.1, 0.15) is 0 Å². The molecule has 1 heteroatoms. The van der Waals surface area contributed by atoms with E-state index < -0.39 is 0 Å². The summed E-state index contributed by atoms with van der Waals surface area (Å²) in [7, 11) is 1.87. The van der Waals surface area contributed by atoms with E-state index in [-0.39, 0.29) is 6.04 Å². The van der Waals surface area contributed by atoms with Gasteiger partial charge in [-0.3, -0.25) is 0 Å². The first-order valence-corrected chi connectivity index (χ1v) is 3.98. The molecule has 0 heterocycles. The largest absolute Gasteiger partial charge is 0.303 e. The Morgan fingerprint density at radius 1 is 1.50 bits per heavy atom. The van der Waals surface area contributed by atoms with E-state index in [4.69, 9.17) is 6.42 Å². The predicted octanol–water partition coefficient (Wildman–Crippen LogP) is 1.89. The molecule has 1 aromatic carbocycles. The van der Waals surface area contributed by atoms with Crippen LogP contribution in [-0.4, -0.2) is 7.05 Å². The van der Waals surface area contributed by atoms with Gasteiger partial charge < -0.3 is 5.32 Å². The van der Waals surface area contributed by atoms with E-state index in [2.05, 4.69) is 30.3 Å². The molecule has 1 rings (SSSR count). The summed E-state index contributed by atoms with van der Waals surface area (Å²) in [5, 5.41) is 3.06. The molecule has 0 bridgehead atoms. The molecule has 0 saturated heterocycles. The van der Waals surface area contributed by atoms with Crippen LogP contribution in [0.1, 0.15) is 17.2 Å². The summed E-state index contributed by atoms with van der Waals surface area (Å²) >= 11 is 0. The lowest BCUT2D eigenvalue weighted by Crippen LogP contribution is -2.13. The number of nitrogens with one attached hydrogen (secondary N) is 1. The molecule has 0 aliphatic rings. The molecule has 0 aliphatic carbocycles.